The monoisotopic (exact) mass is 636 g/mol. The molecule has 2 saturated carbocycles. The van der Waals surface area contributed by atoms with Crippen LogP contribution in [0.1, 0.15) is 85.3 Å². The highest BCUT2D eigenvalue weighted by atomic mass is 16.4. The summed E-state index contributed by atoms with van der Waals surface area (Å²) in [5.41, 5.74) is 4.18. The second-order valence-electron chi connectivity index (χ2n) is 13.9. The normalized spacial score (nSPS) is 20.0. The van der Waals surface area contributed by atoms with Crippen LogP contribution in [0.3, 0.4) is 0 Å². The van der Waals surface area contributed by atoms with E-state index >= 15 is 0 Å². The van der Waals surface area contributed by atoms with Gasteiger partial charge in [-0.15, -0.1) is 0 Å². The highest BCUT2D eigenvalue weighted by molar-refractivity contribution is 5.96. The first kappa shape index (κ1) is 31.3. The number of amides is 2. The van der Waals surface area contributed by atoms with E-state index in [1.54, 1.807) is 12.3 Å². The number of carbonyl (C=O) groups is 3. The third-order valence-electron chi connectivity index (χ3n) is 10.7. The molecule has 4 fully saturated rings. The van der Waals surface area contributed by atoms with Gasteiger partial charge in [0, 0.05) is 44.4 Å². The molecule has 2 saturated heterocycles. The highest BCUT2D eigenvalue weighted by Crippen LogP contribution is 2.39. The summed E-state index contributed by atoms with van der Waals surface area (Å²) in [5, 5.41) is 12.2. The number of nitrogens with zero attached hydrogens (tertiary/aromatic N) is 5. The zero-order chi connectivity index (χ0) is 32.3. The maximum absolute atomic E-state index is 13.4. The maximum atomic E-state index is 13.4. The number of rotatable bonds is 10. The molecule has 0 bridgehead atoms. The Hall–Kier alpha value is -4.34. The Kier molecular flexibility index (Phi) is 9.18. The number of likely N-dealkylation sites (tertiary alicyclic amines) is 1. The number of piperidine rings is 1. The van der Waals surface area contributed by atoms with Gasteiger partial charge < -0.3 is 20.2 Å². The van der Waals surface area contributed by atoms with Crippen molar-refractivity contribution in [2.75, 3.05) is 31.1 Å². The second kappa shape index (κ2) is 13.8. The number of carbonyl (C=O) groups excluding carboxylic acids is 2. The summed E-state index contributed by atoms with van der Waals surface area (Å²) >= 11 is 0. The van der Waals surface area contributed by atoms with E-state index in [9.17, 15) is 19.5 Å². The minimum atomic E-state index is -0.917. The number of benzene rings is 1. The first-order valence-electron chi connectivity index (χ1n) is 17.4. The third-order valence-corrected chi connectivity index (χ3v) is 10.7. The molecule has 7 rings (SSSR count). The molecule has 246 valence electrons. The zero-order valence-electron chi connectivity index (χ0n) is 26.9. The minimum Gasteiger partial charge on any atom is -0.481 e. The van der Waals surface area contributed by atoms with E-state index in [-0.39, 0.29) is 31.1 Å². The molecule has 2 aliphatic carbocycles. The topological polar surface area (TPSA) is 129 Å². The van der Waals surface area contributed by atoms with Crippen LogP contribution < -0.4 is 10.2 Å². The fraction of sp³-hybridized carbons (Fsp3) is 0.514. The van der Waals surface area contributed by atoms with Crippen LogP contribution in [0.5, 0.6) is 0 Å². The minimum absolute atomic E-state index is 0.139. The molecule has 0 spiro atoms. The van der Waals surface area contributed by atoms with Crippen LogP contribution >= 0.6 is 0 Å². The van der Waals surface area contributed by atoms with Gasteiger partial charge in [-0.1, -0.05) is 62.4 Å². The number of carboxylic acids is 1. The van der Waals surface area contributed by atoms with Crippen molar-refractivity contribution in [1.82, 2.24) is 25.2 Å². The fourth-order valence-corrected chi connectivity index (χ4v) is 7.56. The molecule has 2 aliphatic heterocycles. The van der Waals surface area contributed by atoms with Gasteiger partial charge in [-0.2, -0.15) is 0 Å². The smallest absolute Gasteiger partial charge is 0.310 e. The lowest BCUT2D eigenvalue weighted by Gasteiger charge is -2.38. The van der Waals surface area contributed by atoms with Gasteiger partial charge in [-0.05, 0) is 60.6 Å². The molecule has 4 aliphatic rings. The van der Waals surface area contributed by atoms with E-state index in [0.29, 0.717) is 11.7 Å². The second-order valence-corrected chi connectivity index (χ2v) is 13.9. The predicted octanol–water partition coefficient (Wildman–Crippen LogP) is 5.10. The van der Waals surface area contributed by atoms with Crippen molar-refractivity contribution in [3.8, 4) is 11.4 Å². The lowest BCUT2D eigenvalue weighted by molar-refractivity contribution is -0.153. The number of aliphatic carboxylic acids is 1. The van der Waals surface area contributed by atoms with Gasteiger partial charge in [-0.25, -0.2) is 9.97 Å². The fourth-order valence-electron chi connectivity index (χ4n) is 7.56. The number of nitrogens with one attached hydrogen (secondary N) is 1. The molecule has 10 nitrogen and oxygen atoms in total. The number of pyridine rings is 1. The van der Waals surface area contributed by atoms with E-state index in [1.165, 1.54) is 49.8 Å². The van der Waals surface area contributed by atoms with E-state index < -0.39 is 23.8 Å². The highest BCUT2D eigenvalue weighted by Gasteiger charge is 2.39. The van der Waals surface area contributed by atoms with E-state index in [2.05, 4.69) is 25.2 Å². The molecule has 4 heterocycles. The molecule has 1 aromatic carbocycles. The van der Waals surface area contributed by atoms with Crippen LogP contribution in [0, 0.1) is 17.8 Å². The summed E-state index contributed by atoms with van der Waals surface area (Å²) in [5.74, 6) is 0.724. The summed E-state index contributed by atoms with van der Waals surface area (Å²) in [6.45, 7) is 2.40. The Morgan fingerprint density at radius 3 is 2.11 bits per heavy atom. The average Bonchev–Trinajstić information content (AvgIpc) is 3.94. The molecule has 2 N–H and O–H groups in total. The van der Waals surface area contributed by atoms with E-state index in [1.807, 2.05) is 42.7 Å². The third kappa shape index (κ3) is 7.31. The summed E-state index contributed by atoms with van der Waals surface area (Å²) in [7, 11) is 0. The van der Waals surface area contributed by atoms with Crippen molar-refractivity contribution in [2.24, 2.45) is 17.8 Å². The van der Waals surface area contributed by atoms with Crippen LogP contribution in [0.25, 0.3) is 11.4 Å². The molecule has 2 amide bonds. The summed E-state index contributed by atoms with van der Waals surface area (Å²) in [4.78, 5) is 55.6. The lowest BCUT2D eigenvalue weighted by Crippen LogP contribution is -2.59. The SMILES string of the molecule is O=C(NC(Cc1ccc(-c2ncc(N3CCC(C4CCCCC4)CC3)cn2)cc1)C(=O)N1CC(C(=O)O)C1)c1ccc(C2CC2)cn1. The Bertz CT molecular complexity index is 1550. The van der Waals surface area contributed by atoms with Crippen LogP contribution in [0.2, 0.25) is 0 Å². The Morgan fingerprint density at radius 2 is 1.49 bits per heavy atom. The van der Waals surface area contributed by atoms with Crippen LogP contribution in [0.15, 0.2) is 55.0 Å². The van der Waals surface area contributed by atoms with E-state index in [4.69, 9.17) is 0 Å². The van der Waals surface area contributed by atoms with Crippen LogP contribution in [-0.2, 0) is 16.0 Å². The molecular formula is C37H44N6O4. The molecule has 2 aromatic heterocycles. The summed E-state index contributed by atoms with van der Waals surface area (Å²) in [6, 6.07) is 10.5. The Balaban J connectivity index is 0.982. The Morgan fingerprint density at radius 1 is 0.809 bits per heavy atom. The van der Waals surface area contributed by atoms with Gasteiger partial charge in [0.15, 0.2) is 5.82 Å². The number of carboxylic acid groups (broad SMARTS) is 1. The molecule has 47 heavy (non-hydrogen) atoms. The quantitative estimate of drug-likeness (QED) is 0.315. The van der Waals surface area contributed by atoms with Crippen LogP contribution in [-0.4, -0.2) is 75.0 Å². The first-order chi connectivity index (χ1) is 22.9. The summed E-state index contributed by atoms with van der Waals surface area (Å²) < 4.78 is 0. The van der Waals surface area contributed by atoms with Gasteiger partial charge in [-0.3, -0.25) is 19.4 Å². The van der Waals surface area contributed by atoms with Crippen molar-refractivity contribution >= 4 is 23.5 Å². The van der Waals surface area contributed by atoms with Crippen molar-refractivity contribution in [2.45, 2.75) is 76.2 Å². The number of hydrogen-bond donors (Lipinski definition) is 2. The van der Waals surface area contributed by atoms with E-state index in [0.717, 1.165) is 60.1 Å². The van der Waals surface area contributed by atoms with Gasteiger partial charge in [0.2, 0.25) is 5.91 Å². The first-order valence-corrected chi connectivity index (χ1v) is 17.4. The lowest BCUT2D eigenvalue weighted by atomic mass is 9.76. The standard InChI is InChI=1S/C37H44N6O4/c44-35(32-13-12-29(19-38-32)26-10-11-26)41-33(36(45)43-22-30(23-43)37(46)47)18-24-6-8-28(9-7-24)34-39-20-31(21-40-34)42-16-14-27(15-17-42)25-4-2-1-3-5-25/h6-9,12-13,19-21,25-27,30,33H,1-5,10-11,14-18,22-23H2,(H,41,44)(H,46,47). The molecular weight excluding hydrogens is 592 g/mol. The van der Waals surface area contributed by atoms with Gasteiger partial charge in [0.25, 0.3) is 5.91 Å². The Labute approximate surface area is 276 Å². The van der Waals surface area contributed by atoms with Crippen LogP contribution in [0.4, 0.5) is 5.69 Å². The number of aromatic nitrogens is 3. The molecule has 3 aromatic rings. The van der Waals surface area contributed by atoms with Gasteiger partial charge >= 0.3 is 5.97 Å². The maximum Gasteiger partial charge on any atom is 0.310 e. The number of anilines is 1. The van der Waals surface area contributed by atoms with Crippen molar-refractivity contribution in [1.29, 1.82) is 0 Å². The van der Waals surface area contributed by atoms with Crippen molar-refractivity contribution in [3.05, 3.63) is 71.8 Å². The molecule has 1 atom stereocenters. The largest absolute Gasteiger partial charge is 0.481 e. The predicted molar refractivity (Wildman–Crippen MR) is 178 cm³/mol. The van der Waals surface area contributed by atoms with Crippen molar-refractivity contribution in [3.63, 3.8) is 0 Å². The molecule has 0 radical (unpaired) electrons. The molecule has 10 heteroatoms. The van der Waals surface area contributed by atoms with Gasteiger partial charge in [0.1, 0.15) is 11.7 Å². The molecule has 1 unspecified atom stereocenters. The number of hydrogen-bond acceptors (Lipinski definition) is 7. The van der Waals surface area contributed by atoms with Gasteiger partial charge in [0.05, 0.1) is 24.0 Å². The summed E-state index contributed by atoms with van der Waals surface area (Å²) in [6.07, 6.45) is 17.6. The van der Waals surface area contributed by atoms with Crippen molar-refractivity contribution < 1.29 is 19.5 Å². The average molecular weight is 637 g/mol. The zero-order valence-corrected chi connectivity index (χ0v) is 26.9.